The zero-order chi connectivity index (χ0) is 14.8. The molecule has 11 heteroatoms. The first-order valence-electron chi connectivity index (χ1n) is 4.42. The number of ether oxygens (including phenoxy) is 2. The van der Waals surface area contributed by atoms with E-state index < -0.39 is 40.6 Å². The number of nitro groups is 1. The summed E-state index contributed by atoms with van der Waals surface area (Å²) in [5.74, 6) is -2.51. The molecule has 0 fully saturated rings. The van der Waals surface area contributed by atoms with Gasteiger partial charge in [0.2, 0.25) is 5.75 Å². The molecule has 0 N–H and O–H groups in total. The van der Waals surface area contributed by atoms with Crippen LogP contribution in [0.15, 0.2) is 6.20 Å². The molecule has 0 bridgehead atoms. The second kappa shape index (κ2) is 5.20. The van der Waals surface area contributed by atoms with Gasteiger partial charge in [-0.1, -0.05) is 0 Å². The van der Waals surface area contributed by atoms with Gasteiger partial charge in [-0.2, -0.15) is 0 Å². The van der Waals surface area contributed by atoms with Gasteiger partial charge in [-0.25, -0.2) is 13.8 Å². The van der Waals surface area contributed by atoms with Crippen LogP contribution >= 0.6 is 0 Å². The Morgan fingerprint density at radius 1 is 1.42 bits per heavy atom. The number of halogens is 5. The van der Waals surface area contributed by atoms with Crippen molar-refractivity contribution in [3.63, 3.8) is 0 Å². The summed E-state index contributed by atoms with van der Waals surface area (Å²) in [6, 6.07) is 0. The van der Waals surface area contributed by atoms with E-state index in [4.69, 9.17) is 0 Å². The first-order chi connectivity index (χ1) is 8.67. The van der Waals surface area contributed by atoms with Crippen molar-refractivity contribution < 1.29 is 36.3 Å². The molecule has 0 saturated heterocycles. The van der Waals surface area contributed by atoms with E-state index in [2.05, 4.69) is 14.5 Å². The van der Waals surface area contributed by atoms with Crippen molar-refractivity contribution in [1.29, 1.82) is 0 Å². The van der Waals surface area contributed by atoms with Gasteiger partial charge in [-0.15, -0.1) is 13.2 Å². The molecule has 19 heavy (non-hydrogen) atoms. The standard InChI is InChI=1S/C8H5F5N2O4/c1-18-7-4(15(16)17)5(19-8(11,12)13)3(2-14-7)6(9)10/h2,6H,1H3. The highest BCUT2D eigenvalue weighted by atomic mass is 19.4. The van der Waals surface area contributed by atoms with Crippen molar-refractivity contribution >= 4 is 5.69 Å². The van der Waals surface area contributed by atoms with Crippen LogP contribution < -0.4 is 9.47 Å². The van der Waals surface area contributed by atoms with E-state index in [-0.39, 0.29) is 0 Å². The minimum Gasteiger partial charge on any atom is -0.476 e. The van der Waals surface area contributed by atoms with Gasteiger partial charge in [0.05, 0.1) is 17.6 Å². The lowest BCUT2D eigenvalue weighted by atomic mass is 10.2. The first kappa shape index (κ1) is 14.9. The smallest absolute Gasteiger partial charge is 0.476 e. The van der Waals surface area contributed by atoms with E-state index in [9.17, 15) is 32.1 Å². The summed E-state index contributed by atoms with van der Waals surface area (Å²) in [7, 11) is 0.884. The second-order valence-electron chi connectivity index (χ2n) is 3.01. The average molecular weight is 288 g/mol. The highest BCUT2D eigenvalue weighted by Gasteiger charge is 2.40. The third-order valence-electron chi connectivity index (χ3n) is 1.83. The van der Waals surface area contributed by atoms with Gasteiger partial charge in [-0.3, -0.25) is 10.1 Å². The average Bonchev–Trinajstić information content (AvgIpc) is 2.25. The third-order valence-corrected chi connectivity index (χ3v) is 1.83. The van der Waals surface area contributed by atoms with Crippen molar-refractivity contribution in [3.8, 4) is 11.6 Å². The van der Waals surface area contributed by atoms with Crippen LogP contribution in [0.2, 0.25) is 0 Å². The van der Waals surface area contributed by atoms with Crippen LogP contribution in [-0.4, -0.2) is 23.4 Å². The van der Waals surface area contributed by atoms with Gasteiger partial charge in [0.15, 0.2) is 0 Å². The summed E-state index contributed by atoms with van der Waals surface area (Å²) >= 11 is 0. The Morgan fingerprint density at radius 2 is 2.00 bits per heavy atom. The molecule has 0 amide bonds. The normalized spacial score (nSPS) is 11.5. The molecule has 0 spiro atoms. The molecule has 0 radical (unpaired) electrons. The fraction of sp³-hybridized carbons (Fsp3) is 0.375. The molecule has 0 aliphatic rings. The summed E-state index contributed by atoms with van der Waals surface area (Å²) in [6.45, 7) is 0. The number of hydrogen-bond donors (Lipinski definition) is 0. The summed E-state index contributed by atoms with van der Waals surface area (Å²) in [5.41, 5.74) is -2.78. The number of nitrogens with zero attached hydrogens (tertiary/aromatic N) is 2. The van der Waals surface area contributed by atoms with Gasteiger partial charge in [0.1, 0.15) is 0 Å². The van der Waals surface area contributed by atoms with Gasteiger partial charge in [0, 0.05) is 6.20 Å². The summed E-state index contributed by atoms with van der Waals surface area (Å²) in [5, 5.41) is 10.7. The lowest BCUT2D eigenvalue weighted by Crippen LogP contribution is -2.19. The van der Waals surface area contributed by atoms with Crippen molar-refractivity contribution in [3.05, 3.63) is 21.9 Å². The summed E-state index contributed by atoms with van der Waals surface area (Å²) < 4.78 is 69.0. The molecule has 1 aromatic heterocycles. The Balaban J connectivity index is 3.53. The zero-order valence-corrected chi connectivity index (χ0v) is 9.07. The topological polar surface area (TPSA) is 74.5 Å². The molecule has 0 unspecified atom stereocenters. The van der Waals surface area contributed by atoms with E-state index in [1.54, 1.807) is 0 Å². The Kier molecular flexibility index (Phi) is 4.07. The molecule has 0 aliphatic carbocycles. The van der Waals surface area contributed by atoms with Crippen LogP contribution in [0.25, 0.3) is 0 Å². The Bertz CT molecular complexity index is 491. The molecule has 1 rings (SSSR count). The highest BCUT2D eigenvalue weighted by Crippen LogP contribution is 2.43. The first-order valence-corrected chi connectivity index (χ1v) is 4.42. The van der Waals surface area contributed by atoms with Gasteiger partial charge in [0.25, 0.3) is 12.3 Å². The Hall–Kier alpha value is -2.20. The lowest BCUT2D eigenvalue weighted by Gasteiger charge is -2.13. The van der Waals surface area contributed by atoms with Crippen LogP contribution in [0.4, 0.5) is 27.6 Å². The van der Waals surface area contributed by atoms with Crippen LogP contribution in [0.5, 0.6) is 11.6 Å². The van der Waals surface area contributed by atoms with Crippen LogP contribution in [0.1, 0.15) is 12.0 Å². The van der Waals surface area contributed by atoms with Gasteiger partial charge in [-0.05, 0) is 0 Å². The molecule has 0 aromatic carbocycles. The minimum absolute atomic E-state index is 0.317. The van der Waals surface area contributed by atoms with Crippen LogP contribution in [-0.2, 0) is 0 Å². The molecule has 0 aliphatic heterocycles. The van der Waals surface area contributed by atoms with Crippen molar-refractivity contribution in [1.82, 2.24) is 4.98 Å². The number of pyridine rings is 1. The maximum Gasteiger partial charge on any atom is 0.573 e. The summed E-state index contributed by atoms with van der Waals surface area (Å²) in [4.78, 5) is 12.4. The molecule has 1 heterocycles. The van der Waals surface area contributed by atoms with Gasteiger partial charge >= 0.3 is 12.0 Å². The van der Waals surface area contributed by atoms with E-state index in [0.717, 1.165) is 7.11 Å². The molecular weight excluding hydrogens is 283 g/mol. The maximum absolute atomic E-state index is 12.5. The molecule has 0 saturated carbocycles. The monoisotopic (exact) mass is 288 g/mol. The number of rotatable bonds is 4. The Labute approximate surface area is 101 Å². The minimum atomic E-state index is -5.37. The molecular formula is C8H5F5N2O4. The second-order valence-corrected chi connectivity index (χ2v) is 3.01. The van der Waals surface area contributed by atoms with Crippen molar-refractivity contribution in [2.24, 2.45) is 0 Å². The maximum atomic E-state index is 12.5. The van der Waals surface area contributed by atoms with E-state index in [1.165, 1.54) is 0 Å². The Morgan fingerprint density at radius 3 is 2.37 bits per heavy atom. The number of aromatic nitrogens is 1. The SMILES string of the molecule is COc1ncc(C(F)F)c(OC(F)(F)F)c1[N+](=O)[O-]. The molecule has 1 aromatic rings. The van der Waals surface area contributed by atoms with Gasteiger partial charge < -0.3 is 9.47 Å². The zero-order valence-electron chi connectivity index (χ0n) is 9.07. The van der Waals surface area contributed by atoms with E-state index >= 15 is 0 Å². The van der Waals surface area contributed by atoms with Crippen molar-refractivity contribution in [2.75, 3.05) is 7.11 Å². The highest BCUT2D eigenvalue weighted by molar-refractivity contribution is 5.57. The van der Waals surface area contributed by atoms with Crippen LogP contribution in [0, 0.1) is 10.1 Å². The fourth-order valence-electron chi connectivity index (χ4n) is 1.17. The van der Waals surface area contributed by atoms with Crippen molar-refractivity contribution in [2.45, 2.75) is 12.8 Å². The molecule has 6 nitrogen and oxygen atoms in total. The predicted molar refractivity (Wildman–Crippen MR) is 49.1 cm³/mol. The summed E-state index contributed by atoms with van der Waals surface area (Å²) in [6.07, 6.45) is -8.49. The molecule has 0 atom stereocenters. The predicted octanol–water partition coefficient (Wildman–Crippen LogP) is 2.83. The lowest BCUT2D eigenvalue weighted by molar-refractivity contribution is -0.390. The van der Waals surface area contributed by atoms with E-state index in [1.807, 2.05) is 0 Å². The number of hydrogen-bond acceptors (Lipinski definition) is 5. The van der Waals surface area contributed by atoms with E-state index in [0.29, 0.717) is 6.20 Å². The largest absolute Gasteiger partial charge is 0.573 e. The van der Waals surface area contributed by atoms with Crippen LogP contribution in [0.3, 0.4) is 0 Å². The molecule has 106 valence electrons. The third kappa shape index (κ3) is 3.39. The number of methoxy groups -OCH3 is 1. The fourth-order valence-corrected chi connectivity index (χ4v) is 1.17. The number of alkyl halides is 5. The quantitative estimate of drug-likeness (QED) is 0.484.